The third kappa shape index (κ3) is 5.11. The van der Waals surface area contributed by atoms with Gasteiger partial charge in [0.1, 0.15) is 0 Å². The lowest BCUT2D eigenvalue weighted by Crippen LogP contribution is -2.33. The Morgan fingerprint density at radius 3 is 3.00 bits per heavy atom. The van der Waals surface area contributed by atoms with Crippen LogP contribution in [-0.2, 0) is 14.3 Å². The van der Waals surface area contributed by atoms with E-state index in [0.29, 0.717) is 18.7 Å². The van der Waals surface area contributed by atoms with Crippen LogP contribution in [0.3, 0.4) is 0 Å². The Morgan fingerprint density at radius 1 is 1.62 bits per heavy atom. The number of hydrogen-bond donors (Lipinski definition) is 2. The lowest BCUT2D eigenvalue weighted by atomic mass is 9.92. The number of hydrogen-bond acceptors (Lipinski definition) is 3. The van der Waals surface area contributed by atoms with Crippen LogP contribution in [0.25, 0.3) is 0 Å². The van der Waals surface area contributed by atoms with Crippen LogP contribution >= 0.6 is 0 Å². The zero-order valence-electron chi connectivity index (χ0n) is 9.35. The second-order valence-corrected chi connectivity index (χ2v) is 4.23. The van der Waals surface area contributed by atoms with Crippen LogP contribution < -0.4 is 5.32 Å². The van der Waals surface area contributed by atoms with Crippen molar-refractivity contribution in [2.24, 2.45) is 5.92 Å². The number of rotatable bonds is 7. The van der Waals surface area contributed by atoms with E-state index in [1.165, 1.54) is 0 Å². The Labute approximate surface area is 95.2 Å². The Kier molecular flexibility index (Phi) is 5.85. The van der Waals surface area contributed by atoms with Crippen molar-refractivity contribution in [3.8, 4) is 0 Å². The second-order valence-electron chi connectivity index (χ2n) is 4.23. The molecule has 1 rings (SSSR count). The van der Waals surface area contributed by atoms with E-state index >= 15 is 0 Å². The Hall–Kier alpha value is -1.10. The Balaban J connectivity index is 2.30. The first kappa shape index (κ1) is 13.0. The first-order valence-electron chi connectivity index (χ1n) is 5.71. The minimum atomic E-state index is -0.822. The molecular weight excluding hydrogens is 210 g/mol. The highest BCUT2D eigenvalue weighted by atomic mass is 16.5. The summed E-state index contributed by atoms with van der Waals surface area (Å²) >= 11 is 0. The van der Waals surface area contributed by atoms with Crippen molar-refractivity contribution >= 4 is 12.4 Å². The highest BCUT2D eigenvalue weighted by molar-refractivity contribution is 5.66. The van der Waals surface area contributed by atoms with Gasteiger partial charge >= 0.3 is 5.97 Å². The largest absolute Gasteiger partial charge is 0.481 e. The summed E-state index contributed by atoms with van der Waals surface area (Å²) in [5, 5.41) is 11.3. The normalized spacial score (nSPS) is 22.4. The van der Waals surface area contributed by atoms with Crippen LogP contribution in [0, 0.1) is 5.92 Å². The third-order valence-corrected chi connectivity index (χ3v) is 2.88. The molecule has 2 N–H and O–H groups in total. The predicted molar refractivity (Wildman–Crippen MR) is 58.0 cm³/mol. The van der Waals surface area contributed by atoms with Crippen LogP contribution in [0.1, 0.15) is 32.1 Å². The summed E-state index contributed by atoms with van der Waals surface area (Å²) in [7, 11) is 0. The fourth-order valence-corrected chi connectivity index (χ4v) is 2.06. The summed E-state index contributed by atoms with van der Waals surface area (Å²) in [5.41, 5.74) is 0. The molecule has 16 heavy (non-hydrogen) atoms. The van der Waals surface area contributed by atoms with Gasteiger partial charge in [-0.05, 0) is 31.6 Å². The van der Waals surface area contributed by atoms with Crippen molar-refractivity contribution in [3.05, 3.63) is 0 Å². The molecule has 1 aliphatic heterocycles. The van der Waals surface area contributed by atoms with Gasteiger partial charge in [-0.2, -0.15) is 0 Å². The highest BCUT2D eigenvalue weighted by Crippen LogP contribution is 2.20. The van der Waals surface area contributed by atoms with Crippen molar-refractivity contribution < 1.29 is 19.4 Å². The molecule has 0 bridgehead atoms. The molecule has 0 aliphatic carbocycles. The summed E-state index contributed by atoms with van der Waals surface area (Å²) in [6.45, 7) is 1.54. The molecule has 0 radical (unpaired) electrons. The van der Waals surface area contributed by atoms with Gasteiger partial charge in [0.05, 0.1) is 0 Å². The number of carbonyl (C=O) groups is 2. The molecule has 0 aromatic rings. The van der Waals surface area contributed by atoms with Gasteiger partial charge in [0, 0.05) is 25.7 Å². The molecule has 1 fully saturated rings. The van der Waals surface area contributed by atoms with Crippen LogP contribution in [0.4, 0.5) is 0 Å². The van der Waals surface area contributed by atoms with E-state index in [0.717, 1.165) is 32.5 Å². The maximum atomic E-state index is 10.5. The van der Waals surface area contributed by atoms with Crippen molar-refractivity contribution in [1.82, 2.24) is 5.32 Å². The van der Waals surface area contributed by atoms with E-state index in [9.17, 15) is 9.59 Å². The number of carbonyl (C=O) groups excluding carboxylic acids is 1. The van der Waals surface area contributed by atoms with Crippen LogP contribution in [0.2, 0.25) is 0 Å². The monoisotopic (exact) mass is 229 g/mol. The molecule has 1 heterocycles. The molecule has 0 aromatic carbocycles. The first-order chi connectivity index (χ1) is 7.72. The van der Waals surface area contributed by atoms with Gasteiger partial charge in [0.25, 0.3) is 0 Å². The third-order valence-electron chi connectivity index (χ3n) is 2.88. The van der Waals surface area contributed by atoms with E-state index < -0.39 is 5.97 Å². The topological polar surface area (TPSA) is 75.6 Å². The predicted octanol–water partition coefficient (Wildman–Crippen LogP) is 0.782. The maximum Gasteiger partial charge on any atom is 0.303 e. The van der Waals surface area contributed by atoms with Crippen LogP contribution in [0.5, 0.6) is 0 Å². The van der Waals surface area contributed by atoms with E-state index in [1.807, 2.05) is 0 Å². The van der Waals surface area contributed by atoms with Gasteiger partial charge in [-0.15, -0.1) is 0 Å². The van der Waals surface area contributed by atoms with Crippen molar-refractivity contribution in [1.29, 1.82) is 0 Å². The molecule has 5 nitrogen and oxygen atoms in total. The van der Waals surface area contributed by atoms with Gasteiger partial charge in [-0.1, -0.05) is 0 Å². The van der Waals surface area contributed by atoms with Gasteiger partial charge in [0.15, 0.2) is 0 Å². The maximum absolute atomic E-state index is 10.5. The molecule has 92 valence electrons. The number of amides is 1. The highest BCUT2D eigenvalue weighted by Gasteiger charge is 2.19. The standard InChI is InChI=1S/C11H19NO4/c13-8-12-10(3-4-11(14)15)6-9-2-1-5-16-7-9/h8-10H,1-7H2,(H,12,13)(H,14,15). The minimum Gasteiger partial charge on any atom is -0.481 e. The summed E-state index contributed by atoms with van der Waals surface area (Å²) in [6, 6.07) is -0.0414. The van der Waals surface area contributed by atoms with Crippen molar-refractivity contribution in [2.45, 2.75) is 38.1 Å². The van der Waals surface area contributed by atoms with Gasteiger partial charge in [-0.25, -0.2) is 0 Å². The number of carboxylic acid groups (broad SMARTS) is 1. The van der Waals surface area contributed by atoms with E-state index in [-0.39, 0.29) is 12.5 Å². The molecule has 0 saturated carbocycles. The fraction of sp³-hybridized carbons (Fsp3) is 0.818. The summed E-state index contributed by atoms with van der Waals surface area (Å²) in [4.78, 5) is 20.9. The minimum absolute atomic E-state index is 0.0414. The molecule has 0 spiro atoms. The molecule has 2 atom stereocenters. The molecule has 1 aliphatic rings. The van der Waals surface area contributed by atoms with Gasteiger partial charge < -0.3 is 15.2 Å². The average Bonchev–Trinajstić information content (AvgIpc) is 2.27. The number of aliphatic carboxylic acids is 1. The summed E-state index contributed by atoms with van der Waals surface area (Å²) < 4.78 is 5.35. The molecule has 5 heteroatoms. The quantitative estimate of drug-likeness (QED) is 0.633. The second kappa shape index (κ2) is 7.22. The number of nitrogens with one attached hydrogen (secondary N) is 1. The zero-order chi connectivity index (χ0) is 11.8. The van der Waals surface area contributed by atoms with Crippen molar-refractivity contribution in [3.63, 3.8) is 0 Å². The summed E-state index contributed by atoms with van der Waals surface area (Å²) in [5.74, 6) is -0.377. The molecule has 2 unspecified atom stereocenters. The lowest BCUT2D eigenvalue weighted by molar-refractivity contribution is -0.137. The molecule has 0 aromatic heterocycles. The van der Waals surface area contributed by atoms with E-state index in [2.05, 4.69) is 5.32 Å². The summed E-state index contributed by atoms with van der Waals surface area (Å²) in [6.07, 6.45) is 4.20. The smallest absolute Gasteiger partial charge is 0.303 e. The van der Waals surface area contributed by atoms with Gasteiger partial charge in [-0.3, -0.25) is 9.59 Å². The van der Waals surface area contributed by atoms with Gasteiger partial charge in [0.2, 0.25) is 6.41 Å². The zero-order valence-corrected chi connectivity index (χ0v) is 9.35. The van der Waals surface area contributed by atoms with E-state index in [1.54, 1.807) is 0 Å². The van der Waals surface area contributed by atoms with E-state index in [4.69, 9.17) is 9.84 Å². The Bertz CT molecular complexity index is 226. The van der Waals surface area contributed by atoms with Crippen molar-refractivity contribution in [2.75, 3.05) is 13.2 Å². The SMILES string of the molecule is O=CNC(CCC(=O)O)CC1CCCOC1. The molecular formula is C11H19NO4. The number of ether oxygens (including phenoxy) is 1. The average molecular weight is 229 g/mol. The lowest BCUT2D eigenvalue weighted by Gasteiger charge is -2.26. The van der Waals surface area contributed by atoms with Crippen LogP contribution in [-0.4, -0.2) is 36.7 Å². The number of carboxylic acids is 1. The Morgan fingerprint density at radius 2 is 2.44 bits per heavy atom. The molecule has 1 saturated heterocycles. The van der Waals surface area contributed by atoms with Crippen LogP contribution in [0.15, 0.2) is 0 Å². The fourth-order valence-electron chi connectivity index (χ4n) is 2.06. The first-order valence-corrected chi connectivity index (χ1v) is 5.71. The molecule has 1 amide bonds.